The molecule has 0 aliphatic rings. The largest absolute Gasteiger partial charge is 0.335 e. The van der Waals surface area contributed by atoms with Crippen LogP contribution in [0.1, 0.15) is 44.0 Å². The zero-order valence-corrected chi connectivity index (χ0v) is 19.6. The average Bonchev–Trinajstić information content (AvgIpc) is 3.46. The number of ketones is 1. The van der Waals surface area contributed by atoms with Crippen LogP contribution in [0.3, 0.4) is 0 Å². The van der Waals surface area contributed by atoms with Crippen molar-refractivity contribution in [1.82, 2.24) is 35.1 Å². The molecule has 0 aliphatic carbocycles. The summed E-state index contributed by atoms with van der Waals surface area (Å²) in [6, 6.07) is 3.81. The smallest absolute Gasteiger partial charge is 0.224 e. The van der Waals surface area contributed by atoms with Crippen molar-refractivity contribution in [2.75, 3.05) is 5.32 Å². The lowest BCUT2D eigenvalue weighted by atomic mass is 10.1. The van der Waals surface area contributed by atoms with Crippen LogP contribution in [0.15, 0.2) is 43.1 Å². The highest BCUT2D eigenvalue weighted by atomic mass is 16.1. The van der Waals surface area contributed by atoms with E-state index < -0.39 is 0 Å². The lowest BCUT2D eigenvalue weighted by Crippen LogP contribution is -2.13. The molecule has 5 heterocycles. The fourth-order valence-electron chi connectivity index (χ4n) is 3.93. The number of hydrogen-bond donors (Lipinski definition) is 3. The van der Waals surface area contributed by atoms with Gasteiger partial charge >= 0.3 is 0 Å². The van der Waals surface area contributed by atoms with Crippen molar-refractivity contribution in [3.63, 3.8) is 0 Å². The number of carbonyl (C=O) groups is 2. The van der Waals surface area contributed by atoms with Crippen LogP contribution in [0.25, 0.3) is 44.7 Å². The fraction of sp³-hybridized carbons (Fsp3) is 0.240. The van der Waals surface area contributed by atoms with Gasteiger partial charge in [-0.2, -0.15) is 5.10 Å². The molecule has 0 atom stereocenters. The molecule has 0 bridgehead atoms. The molecule has 0 aliphatic heterocycles. The van der Waals surface area contributed by atoms with Crippen molar-refractivity contribution in [1.29, 1.82) is 0 Å². The molecule has 0 radical (unpaired) electrons. The maximum atomic E-state index is 12.3. The highest BCUT2D eigenvalue weighted by Gasteiger charge is 2.18. The zero-order valence-electron chi connectivity index (χ0n) is 19.6. The molecule has 0 saturated heterocycles. The third-order valence-corrected chi connectivity index (χ3v) is 5.61. The molecule has 10 heteroatoms. The van der Waals surface area contributed by atoms with Gasteiger partial charge in [0.1, 0.15) is 11.2 Å². The average molecular weight is 469 g/mol. The summed E-state index contributed by atoms with van der Waals surface area (Å²) in [7, 11) is 0. The van der Waals surface area contributed by atoms with Crippen LogP contribution in [-0.2, 0) is 4.79 Å². The van der Waals surface area contributed by atoms with E-state index in [1.54, 1.807) is 31.0 Å². The summed E-state index contributed by atoms with van der Waals surface area (Å²) in [5.74, 6) is 0.729. The molecule has 5 rings (SSSR count). The number of carbonyl (C=O) groups excluding carboxylic acids is 2. The SMILES string of the molecule is CCC(=O)c1cncc2[nH]c(-c3[nH]nc4ncc(-c5cncc(NC(=O)CC(C)C)c5)cc34)nc12. The second kappa shape index (κ2) is 9.05. The molecule has 0 fully saturated rings. The van der Waals surface area contributed by atoms with E-state index in [-0.39, 0.29) is 17.6 Å². The number of Topliss-reactive ketones (excluding diaryl/α,β-unsaturated/α-hetero) is 1. The van der Waals surface area contributed by atoms with E-state index in [1.807, 2.05) is 32.9 Å². The van der Waals surface area contributed by atoms with Crippen LogP contribution in [0.2, 0.25) is 0 Å². The maximum Gasteiger partial charge on any atom is 0.224 e. The van der Waals surface area contributed by atoms with Crippen molar-refractivity contribution >= 4 is 39.4 Å². The molecule has 0 saturated carbocycles. The Morgan fingerprint density at radius 1 is 1.03 bits per heavy atom. The lowest BCUT2D eigenvalue weighted by molar-refractivity contribution is -0.116. The number of hydrogen-bond acceptors (Lipinski definition) is 7. The van der Waals surface area contributed by atoms with Crippen LogP contribution in [-0.4, -0.2) is 46.8 Å². The molecular weight excluding hydrogens is 444 g/mol. The number of fused-ring (bicyclic) bond motifs is 2. The number of aromatic amines is 2. The summed E-state index contributed by atoms with van der Waals surface area (Å²) >= 11 is 0. The first-order chi connectivity index (χ1) is 16.9. The Kier molecular flexibility index (Phi) is 5.77. The van der Waals surface area contributed by atoms with Gasteiger partial charge < -0.3 is 10.3 Å². The molecule has 3 N–H and O–H groups in total. The molecule has 5 aromatic rings. The lowest BCUT2D eigenvalue weighted by Gasteiger charge is -2.08. The Hall–Kier alpha value is -4.47. The predicted octanol–water partition coefficient (Wildman–Crippen LogP) is 4.54. The highest BCUT2D eigenvalue weighted by molar-refractivity contribution is 6.06. The summed E-state index contributed by atoms with van der Waals surface area (Å²) in [5, 5.41) is 11.0. The Morgan fingerprint density at radius 3 is 2.63 bits per heavy atom. The molecule has 0 spiro atoms. The Labute approximate surface area is 200 Å². The van der Waals surface area contributed by atoms with E-state index >= 15 is 0 Å². The Morgan fingerprint density at radius 2 is 1.83 bits per heavy atom. The number of amides is 1. The van der Waals surface area contributed by atoms with Gasteiger partial charge in [-0.05, 0) is 18.1 Å². The second-order valence-electron chi connectivity index (χ2n) is 8.75. The maximum absolute atomic E-state index is 12.3. The minimum Gasteiger partial charge on any atom is -0.335 e. The number of imidazole rings is 1. The van der Waals surface area contributed by atoms with Gasteiger partial charge in [-0.1, -0.05) is 20.8 Å². The van der Waals surface area contributed by atoms with Crippen molar-refractivity contribution in [2.45, 2.75) is 33.6 Å². The van der Waals surface area contributed by atoms with E-state index in [0.717, 1.165) is 16.5 Å². The Bertz CT molecular complexity index is 1570. The minimum absolute atomic E-state index is 0.0209. The number of rotatable bonds is 7. The molecule has 0 unspecified atom stereocenters. The van der Waals surface area contributed by atoms with Crippen LogP contribution in [0.5, 0.6) is 0 Å². The first-order valence-electron chi connectivity index (χ1n) is 11.4. The summed E-state index contributed by atoms with van der Waals surface area (Å²) in [5.41, 5.74) is 5.14. The first-order valence-corrected chi connectivity index (χ1v) is 11.4. The molecular formula is C25H24N8O2. The van der Waals surface area contributed by atoms with Crippen molar-refractivity contribution < 1.29 is 9.59 Å². The zero-order chi connectivity index (χ0) is 24.5. The molecule has 35 heavy (non-hydrogen) atoms. The summed E-state index contributed by atoms with van der Waals surface area (Å²) in [6.45, 7) is 5.81. The topological polar surface area (TPSA) is 142 Å². The van der Waals surface area contributed by atoms with E-state index in [0.29, 0.717) is 52.3 Å². The Balaban J connectivity index is 1.53. The van der Waals surface area contributed by atoms with Crippen LogP contribution < -0.4 is 5.32 Å². The predicted molar refractivity (Wildman–Crippen MR) is 133 cm³/mol. The van der Waals surface area contributed by atoms with Crippen LogP contribution in [0, 0.1) is 5.92 Å². The summed E-state index contributed by atoms with van der Waals surface area (Å²) < 4.78 is 0. The third-order valence-electron chi connectivity index (χ3n) is 5.61. The quantitative estimate of drug-likeness (QED) is 0.298. The van der Waals surface area contributed by atoms with Gasteiger partial charge in [0.2, 0.25) is 5.91 Å². The fourth-order valence-corrected chi connectivity index (χ4v) is 3.93. The minimum atomic E-state index is -0.0510. The monoisotopic (exact) mass is 468 g/mol. The molecule has 1 amide bonds. The standard InChI is InChI=1S/C25H24N8O2/c1-4-20(34)18-11-27-12-19-22(18)31-25(30-19)23-17-7-15(9-28-24(17)33-32-23)14-6-16(10-26-8-14)29-21(35)5-13(2)3/h6-13H,4-5H2,1-3H3,(H,29,35)(H,30,31)(H,28,32,33). The van der Waals surface area contributed by atoms with Gasteiger partial charge in [0, 0.05) is 42.6 Å². The van der Waals surface area contributed by atoms with Gasteiger partial charge in [0.05, 0.1) is 34.5 Å². The van der Waals surface area contributed by atoms with E-state index in [4.69, 9.17) is 0 Å². The van der Waals surface area contributed by atoms with E-state index in [9.17, 15) is 9.59 Å². The van der Waals surface area contributed by atoms with E-state index in [2.05, 4.69) is 40.4 Å². The highest BCUT2D eigenvalue weighted by Crippen LogP contribution is 2.30. The van der Waals surface area contributed by atoms with Crippen molar-refractivity contribution in [3.8, 4) is 22.6 Å². The van der Waals surface area contributed by atoms with Gasteiger partial charge in [0.25, 0.3) is 0 Å². The van der Waals surface area contributed by atoms with Gasteiger partial charge in [0.15, 0.2) is 17.3 Å². The summed E-state index contributed by atoms with van der Waals surface area (Å²) in [6.07, 6.45) is 9.05. The number of H-pyrrole nitrogens is 2. The van der Waals surface area contributed by atoms with E-state index in [1.165, 1.54) is 0 Å². The molecule has 10 nitrogen and oxygen atoms in total. The van der Waals surface area contributed by atoms with Crippen molar-refractivity contribution in [3.05, 3.63) is 48.7 Å². The normalized spacial score (nSPS) is 11.4. The number of aromatic nitrogens is 7. The number of nitrogens with one attached hydrogen (secondary N) is 3. The molecule has 5 aromatic heterocycles. The third kappa shape index (κ3) is 4.37. The molecule has 176 valence electrons. The van der Waals surface area contributed by atoms with Crippen LogP contribution >= 0.6 is 0 Å². The van der Waals surface area contributed by atoms with Crippen molar-refractivity contribution in [2.24, 2.45) is 5.92 Å². The first kappa shape index (κ1) is 22.3. The van der Waals surface area contributed by atoms with Gasteiger partial charge in [-0.3, -0.25) is 24.7 Å². The summed E-state index contributed by atoms with van der Waals surface area (Å²) in [4.78, 5) is 45.3. The number of nitrogens with zero attached hydrogens (tertiary/aromatic N) is 5. The second-order valence-corrected chi connectivity index (χ2v) is 8.75. The number of pyridine rings is 3. The number of anilines is 1. The van der Waals surface area contributed by atoms with Gasteiger partial charge in [-0.25, -0.2) is 9.97 Å². The van der Waals surface area contributed by atoms with Crippen LogP contribution in [0.4, 0.5) is 5.69 Å². The molecule has 0 aromatic carbocycles. The van der Waals surface area contributed by atoms with Gasteiger partial charge in [-0.15, -0.1) is 0 Å².